The maximum absolute atomic E-state index is 10.8. The number of benzene rings is 1. The van der Waals surface area contributed by atoms with Crippen LogP contribution in [0.2, 0.25) is 0 Å². The summed E-state index contributed by atoms with van der Waals surface area (Å²) in [6.07, 6.45) is 0.351. The lowest BCUT2D eigenvalue weighted by Gasteiger charge is -2.19. The molecule has 0 saturated carbocycles. The Kier molecular flexibility index (Phi) is 2.91. The Labute approximate surface area is 83.6 Å². The van der Waals surface area contributed by atoms with Crippen molar-refractivity contribution in [2.24, 2.45) is 5.73 Å². The first kappa shape index (κ1) is 10.7. The van der Waals surface area contributed by atoms with Gasteiger partial charge in [-0.2, -0.15) is 0 Å². The van der Waals surface area contributed by atoms with Crippen molar-refractivity contribution in [1.29, 1.82) is 0 Å². The maximum atomic E-state index is 10.8. The Hall–Kier alpha value is -1.35. The smallest absolute Gasteiger partial charge is 0.323 e. The van der Waals surface area contributed by atoms with Crippen molar-refractivity contribution in [3.8, 4) is 0 Å². The molecule has 3 heteroatoms. The van der Waals surface area contributed by atoms with Crippen molar-refractivity contribution in [3.63, 3.8) is 0 Å². The first-order chi connectivity index (χ1) is 6.42. The molecule has 0 aliphatic heterocycles. The van der Waals surface area contributed by atoms with E-state index in [2.05, 4.69) is 0 Å². The minimum atomic E-state index is -1.19. The standard InChI is InChI=1S/C11H15NO2/c1-8-4-3-5-9(6-8)7-11(2,12)10(13)14/h3-6H,7,12H2,1-2H3,(H,13,14)/t11-/m1/s1. The van der Waals surface area contributed by atoms with Crippen molar-refractivity contribution < 1.29 is 9.90 Å². The third kappa shape index (κ3) is 2.57. The summed E-state index contributed by atoms with van der Waals surface area (Å²) < 4.78 is 0. The molecule has 1 aromatic rings. The fourth-order valence-corrected chi connectivity index (χ4v) is 1.32. The van der Waals surface area contributed by atoms with Crippen molar-refractivity contribution >= 4 is 5.97 Å². The topological polar surface area (TPSA) is 63.3 Å². The van der Waals surface area contributed by atoms with Gasteiger partial charge in [0.05, 0.1) is 0 Å². The summed E-state index contributed by atoms with van der Waals surface area (Å²) in [5.74, 6) is -0.973. The number of rotatable bonds is 3. The fraction of sp³-hybridized carbons (Fsp3) is 0.364. The summed E-state index contributed by atoms with van der Waals surface area (Å²) in [6.45, 7) is 3.50. The van der Waals surface area contributed by atoms with Crippen LogP contribution in [0.15, 0.2) is 24.3 Å². The third-order valence-corrected chi connectivity index (χ3v) is 2.14. The Morgan fingerprint density at radius 2 is 2.21 bits per heavy atom. The predicted molar refractivity (Wildman–Crippen MR) is 55.1 cm³/mol. The Morgan fingerprint density at radius 3 is 2.71 bits per heavy atom. The summed E-state index contributed by atoms with van der Waals surface area (Å²) in [5.41, 5.74) is 6.53. The number of carboxylic acids is 1. The molecule has 3 N–H and O–H groups in total. The van der Waals surface area contributed by atoms with E-state index in [0.29, 0.717) is 6.42 Å². The van der Waals surface area contributed by atoms with Crippen molar-refractivity contribution in [1.82, 2.24) is 0 Å². The summed E-state index contributed by atoms with van der Waals surface area (Å²) in [6, 6.07) is 7.72. The summed E-state index contributed by atoms with van der Waals surface area (Å²) in [5, 5.41) is 8.85. The van der Waals surface area contributed by atoms with E-state index >= 15 is 0 Å². The van der Waals surface area contributed by atoms with Gasteiger partial charge >= 0.3 is 5.97 Å². The molecule has 0 spiro atoms. The molecule has 0 bridgehead atoms. The van der Waals surface area contributed by atoms with Crippen LogP contribution in [-0.2, 0) is 11.2 Å². The van der Waals surface area contributed by atoms with Crippen LogP contribution < -0.4 is 5.73 Å². The lowest BCUT2D eigenvalue weighted by molar-refractivity contribution is -0.142. The average Bonchev–Trinajstić information content (AvgIpc) is 2.02. The van der Waals surface area contributed by atoms with Gasteiger partial charge in [-0.05, 0) is 19.4 Å². The quantitative estimate of drug-likeness (QED) is 0.761. The summed E-state index contributed by atoms with van der Waals surface area (Å²) >= 11 is 0. The van der Waals surface area contributed by atoms with Gasteiger partial charge in [0.25, 0.3) is 0 Å². The lowest BCUT2D eigenvalue weighted by Crippen LogP contribution is -2.46. The minimum absolute atomic E-state index is 0.351. The molecule has 0 saturated heterocycles. The number of carboxylic acid groups (broad SMARTS) is 1. The number of hydrogen-bond acceptors (Lipinski definition) is 2. The van der Waals surface area contributed by atoms with Gasteiger partial charge in [-0.15, -0.1) is 0 Å². The Bertz CT molecular complexity index is 345. The van der Waals surface area contributed by atoms with Crippen molar-refractivity contribution in [3.05, 3.63) is 35.4 Å². The second-order valence-corrected chi connectivity index (χ2v) is 3.89. The second kappa shape index (κ2) is 3.80. The van der Waals surface area contributed by atoms with Crippen LogP contribution in [0.1, 0.15) is 18.1 Å². The van der Waals surface area contributed by atoms with Crippen LogP contribution in [0.3, 0.4) is 0 Å². The molecular formula is C11H15NO2. The second-order valence-electron chi connectivity index (χ2n) is 3.89. The number of carbonyl (C=O) groups is 1. The van der Waals surface area contributed by atoms with E-state index in [1.165, 1.54) is 6.92 Å². The highest BCUT2D eigenvalue weighted by Crippen LogP contribution is 2.12. The molecule has 0 radical (unpaired) electrons. The molecule has 1 aromatic carbocycles. The monoisotopic (exact) mass is 193 g/mol. The van der Waals surface area contributed by atoms with Gasteiger partial charge in [0.2, 0.25) is 0 Å². The predicted octanol–water partition coefficient (Wildman–Crippen LogP) is 1.34. The van der Waals surface area contributed by atoms with E-state index in [0.717, 1.165) is 11.1 Å². The fourth-order valence-electron chi connectivity index (χ4n) is 1.32. The van der Waals surface area contributed by atoms with Gasteiger partial charge in [-0.25, -0.2) is 0 Å². The van der Waals surface area contributed by atoms with Crippen molar-refractivity contribution in [2.45, 2.75) is 25.8 Å². The van der Waals surface area contributed by atoms with Gasteiger partial charge in [-0.3, -0.25) is 4.79 Å². The van der Waals surface area contributed by atoms with Gasteiger partial charge in [0, 0.05) is 6.42 Å². The van der Waals surface area contributed by atoms with Gasteiger partial charge in [0.1, 0.15) is 5.54 Å². The van der Waals surface area contributed by atoms with Crippen LogP contribution >= 0.6 is 0 Å². The highest BCUT2D eigenvalue weighted by molar-refractivity contribution is 5.78. The molecule has 0 fully saturated rings. The van der Waals surface area contributed by atoms with Crippen LogP contribution in [0.4, 0.5) is 0 Å². The number of aliphatic carboxylic acids is 1. The summed E-state index contributed by atoms with van der Waals surface area (Å²) in [4.78, 5) is 10.8. The van der Waals surface area contributed by atoms with Gasteiger partial charge < -0.3 is 10.8 Å². The first-order valence-corrected chi connectivity index (χ1v) is 4.49. The van der Waals surface area contributed by atoms with Crippen LogP contribution in [-0.4, -0.2) is 16.6 Å². The van der Waals surface area contributed by atoms with Crippen molar-refractivity contribution in [2.75, 3.05) is 0 Å². The molecule has 1 atom stereocenters. The molecule has 14 heavy (non-hydrogen) atoms. The highest BCUT2D eigenvalue weighted by Gasteiger charge is 2.27. The highest BCUT2D eigenvalue weighted by atomic mass is 16.4. The number of aryl methyl sites for hydroxylation is 1. The third-order valence-electron chi connectivity index (χ3n) is 2.14. The normalized spacial score (nSPS) is 14.8. The zero-order chi connectivity index (χ0) is 10.8. The van der Waals surface area contributed by atoms with E-state index in [1.807, 2.05) is 31.2 Å². The Balaban J connectivity index is 2.83. The molecule has 0 amide bonds. The molecular weight excluding hydrogens is 178 g/mol. The van der Waals surface area contributed by atoms with Crippen LogP contribution in [0.25, 0.3) is 0 Å². The van der Waals surface area contributed by atoms with Crippen LogP contribution in [0, 0.1) is 6.92 Å². The minimum Gasteiger partial charge on any atom is -0.480 e. The molecule has 3 nitrogen and oxygen atoms in total. The van der Waals surface area contributed by atoms with E-state index in [9.17, 15) is 4.79 Å². The zero-order valence-corrected chi connectivity index (χ0v) is 8.45. The average molecular weight is 193 g/mol. The molecule has 0 aliphatic carbocycles. The molecule has 0 unspecified atom stereocenters. The van der Waals surface area contributed by atoms with E-state index in [1.54, 1.807) is 0 Å². The largest absolute Gasteiger partial charge is 0.480 e. The maximum Gasteiger partial charge on any atom is 0.323 e. The van der Waals surface area contributed by atoms with E-state index in [-0.39, 0.29) is 0 Å². The number of nitrogens with two attached hydrogens (primary N) is 1. The van der Waals surface area contributed by atoms with Gasteiger partial charge in [-0.1, -0.05) is 29.8 Å². The molecule has 76 valence electrons. The molecule has 1 rings (SSSR count). The molecule has 0 heterocycles. The first-order valence-electron chi connectivity index (χ1n) is 4.49. The molecule has 0 aromatic heterocycles. The Morgan fingerprint density at radius 1 is 1.57 bits per heavy atom. The number of hydrogen-bond donors (Lipinski definition) is 2. The van der Waals surface area contributed by atoms with Gasteiger partial charge in [0.15, 0.2) is 0 Å². The SMILES string of the molecule is Cc1cccc(C[C@@](C)(N)C(=O)O)c1. The summed E-state index contributed by atoms with van der Waals surface area (Å²) in [7, 11) is 0. The van der Waals surface area contributed by atoms with E-state index < -0.39 is 11.5 Å². The molecule has 0 aliphatic rings. The van der Waals surface area contributed by atoms with Crippen LogP contribution in [0.5, 0.6) is 0 Å². The lowest BCUT2D eigenvalue weighted by atomic mass is 9.93. The van der Waals surface area contributed by atoms with E-state index in [4.69, 9.17) is 10.8 Å². The zero-order valence-electron chi connectivity index (χ0n) is 8.45.